The van der Waals surface area contributed by atoms with E-state index in [9.17, 15) is 18.0 Å². The van der Waals surface area contributed by atoms with Gasteiger partial charge in [0.25, 0.3) is 5.91 Å². The number of morpholine rings is 1. The van der Waals surface area contributed by atoms with Crippen molar-refractivity contribution in [3.8, 4) is 11.5 Å². The largest absolute Gasteiger partial charge is 0.493 e. The molecule has 1 fully saturated rings. The lowest BCUT2D eigenvalue weighted by molar-refractivity contribution is -0.137. The van der Waals surface area contributed by atoms with E-state index >= 15 is 0 Å². The number of aryl methyl sites for hydroxylation is 1. The van der Waals surface area contributed by atoms with Gasteiger partial charge in [-0.1, -0.05) is 12.1 Å². The Hall–Kier alpha value is -4.42. The molecule has 1 amide bonds. The number of ether oxygens (including phenoxy) is 3. The zero-order valence-electron chi connectivity index (χ0n) is 23.8. The Morgan fingerprint density at radius 2 is 1.86 bits per heavy atom. The number of rotatable bonds is 10. The van der Waals surface area contributed by atoms with Crippen LogP contribution < -0.4 is 20.1 Å². The second-order valence-electron chi connectivity index (χ2n) is 10.1. The summed E-state index contributed by atoms with van der Waals surface area (Å²) >= 11 is 0. The molecule has 0 aliphatic carbocycles. The summed E-state index contributed by atoms with van der Waals surface area (Å²) in [4.78, 5) is 23.9. The smallest absolute Gasteiger partial charge is 0.416 e. The maximum atomic E-state index is 13.1. The quantitative estimate of drug-likeness (QED) is 0.214. The monoisotopic (exact) mass is 595 g/mol. The first-order valence-corrected chi connectivity index (χ1v) is 13.8. The van der Waals surface area contributed by atoms with Gasteiger partial charge in [0.05, 0.1) is 38.0 Å². The first-order chi connectivity index (χ1) is 20.7. The summed E-state index contributed by atoms with van der Waals surface area (Å²) < 4.78 is 56.4. The first-order valence-electron chi connectivity index (χ1n) is 13.8. The molecule has 5 rings (SSSR count). The first kappa shape index (κ1) is 30.1. The van der Waals surface area contributed by atoms with Crippen molar-refractivity contribution in [1.29, 1.82) is 0 Å². The van der Waals surface area contributed by atoms with Gasteiger partial charge in [0.15, 0.2) is 11.5 Å². The molecule has 1 aliphatic heterocycles. The summed E-state index contributed by atoms with van der Waals surface area (Å²) in [6.07, 6.45) is -2.25. The number of nitrogens with one attached hydrogen (secondary N) is 2. The van der Waals surface area contributed by atoms with Gasteiger partial charge < -0.3 is 24.8 Å². The lowest BCUT2D eigenvalue weighted by Crippen LogP contribution is -2.37. The van der Waals surface area contributed by atoms with Gasteiger partial charge in [-0.15, -0.1) is 0 Å². The highest BCUT2D eigenvalue weighted by molar-refractivity contribution is 6.04. The highest BCUT2D eigenvalue weighted by Gasteiger charge is 2.31. The maximum absolute atomic E-state index is 13.1. The molecule has 0 bridgehead atoms. The molecule has 4 aromatic rings. The molecule has 43 heavy (non-hydrogen) atoms. The van der Waals surface area contributed by atoms with Crippen LogP contribution in [-0.2, 0) is 10.9 Å². The zero-order valence-corrected chi connectivity index (χ0v) is 23.8. The average molecular weight is 596 g/mol. The summed E-state index contributed by atoms with van der Waals surface area (Å²) in [6.45, 7) is 6.70. The van der Waals surface area contributed by atoms with Crippen LogP contribution in [0.5, 0.6) is 11.5 Å². The number of alkyl halides is 3. The topological polar surface area (TPSA) is 97.8 Å². The minimum atomic E-state index is -4.55. The van der Waals surface area contributed by atoms with Crippen molar-refractivity contribution in [3.05, 3.63) is 77.6 Å². The van der Waals surface area contributed by atoms with E-state index in [2.05, 4.69) is 25.5 Å². The number of benzene rings is 3. The third-order valence-corrected chi connectivity index (χ3v) is 7.10. The van der Waals surface area contributed by atoms with E-state index in [0.29, 0.717) is 46.2 Å². The molecular formula is C31H32F3N5O4. The fourth-order valence-corrected chi connectivity index (χ4v) is 4.73. The van der Waals surface area contributed by atoms with Crippen molar-refractivity contribution < 1.29 is 32.2 Å². The molecule has 0 spiro atoms. The summed E-state index contributed by atoms with van der Waals surface area (Å²) in [5.74, 6) is 0.967. The average Bonchev–Trinajstić information content (AvgIpc) is 3.01. The Bertz CT molecular complexity index is 1590. The van der Waals surface area contributed by atoms with Gasteiger partial charge in [-0.3, -0.25) is 9.69 Å². The molecule has 1 saturated heterocycles. The summed E-state index contributed by atoms with van der Waals surface area (Å²) in [5, 5.41) is 6.66. The number of anilines is 3. The Morgan fingerprint density at radius 1 is 1.05 bits per heavy atom. The number of carbonyl (C=O) groups excluding carboxylic acids is 1. The molecule has 1 aliphatic rings. The number of methoxy groups -OCH3 is 1. The van der Waals surface area contributed by atoms with Gasteiger partial charge in [0.2, 0.25) is 0 Å². The second-order valence-corrected chi connectivity index (χ2v) is 10.1. The van der Waals surface area contributed by atoms with Crippen LogP contribution >= 0.6 is 0 Å². The number of hydrogen-bond donors (Lipinski definition) is 2. The van der Waals surface area contributed by atoms with Gasteiger partial charge in [-0.05, 0) is 55.3 Å². The van der Waals surface area contributed by atoms with Crippen molar-refractivity contribution in [2.45, 2.75) is 19.5 Å². The number of halogens is 3. The van der Waals surface area contributed by atoms with Gasteiger partial charge in [-0.25, -0.2) is 9.97 Å². The van der Waals surface area contributed by atoms with Crippen LogP contribution in [0, 0.1) is 6.92 Å². The van der Waals surface area contributed by atoms with Crippen LogP contribution in [0.4, 0.5) is 30.4 Å². The Kier molecular flexibility index (Phi) is 9.27. The SMILES string of the molecule is COc1cc2c(Nc3cc(NC(=O)c4cccc(C(F)(F)F)c4)ccc3C)ncnc2cc1OCCCN1CCOCC1. The molecule has 226 valence electrons. The molecular weight excluding hydrogens is 563 g/mol. The third kappa shape index (κ3) is 7.51. The Balaban J connectivity index is 1.31. The summed E-state index contributed by atoms with van der Waals surface area (Å²) in [7, 11) is 1.57. The van der Waals surface area contributed by atoms with E-state index < -0.39 is 17.6 Å². The van der Waals surface area contributed by atoms with E-state index in [1.165, 1.54) is 18.5 Å². The van der Waals surface area contributed by atoms with Crippen molar-refractivity contribution >= 4 is 34.0 Å². The summed E-state index contributed by atoms with van der Waals surface area (Å²) in [5.41, 5.74) is 1.56. The molecule has 0 saturated carbocycles. The summed E-state index contributed by atoms with van der Waals surface area (Å²) in [6, 6.07) is 13.1. The van der Waals surface area contributed by atoms with Crippen LogP contribution in [0.3, 0.4) is 0 Å². The minimum Gasteiger partial charge on any atom is -0.493 e. The molecule has 0 radical (unpaired) electrons. The molecule has 12 heteroatoms. The van der Waals surface area contributed by atoms with Crippen LogP contribution in [0.1, 0.15) is 27.9 Å². The predicted molar refractivity (Wildman–Crippen MR) is 157 cm³/mol. The predicted octanol–water partition coefficient (Wildman–Crippen LogP) is 6.06. The fraction of sp³-hybridized carbons (Fsp3) is 0.323. The molecule has 0 unspecified atom stereocenters. The van der Waals surface area contributed by atoms with Crippen LogP contribution in [0.15, 0.2) is 60.9 Å². The number of aromatic nitrogens is 2. The molecule has 0 atom stereocenters. The third-order valence-electron chi connectivity index (χ3n) is 7.10. The van der Waals surface area contributed by atoms with Crippen molar-refractivity contribution in [2.75, 3.05) is 57.2 Å². The van der Waals surface area contributed by atoms with Gasteiger partial charge in [0.1, 0.15) is 12.1 Å². The standard InChI is InChI=1S/C31H32F3N5O4/c1-20-7-8-23(37-30(40)21-5-3-6-22(15-21)31(32,33)34)16-25(20)38-29-24-17-27(41-2)28(18-26(24)35-19-36-29)43-12-4-9-39-10-13-42-14-11-39/h3,5-8,15-19H,4,9-14H2,1-2H3,(H,37,40)(H,35,36,38). The second kappa shape index (κ2) is 13.3. The van der Waals surface area contributed by atoms with Crippen molar-refractivity contribution in [2.24, 2.45) is 0 Å². The van der Waals surface area contributed by atoms with E-state index in [4.69, 9.17) is 14.2 Å². The normalized spacial score (nSPS) is 14.0. The van der Waals surface area contributed by atoms with E-state index in [1.54, 1.807) is 25.3 Å². The van der Waals surface area contributed by atoms with E-state index in [1.807, 2.05) is 19.1 Å². The van der Waals surface area contributed by atoms with Gasteiger partial charge >= 0.3 is 6.18 Å². The molecule has 2 N–H and O–H groups in total. The number of hydrogen-bond acceptors (Lipinski definition) is 8. The lowest BCUT2D eigenvalue weighted by Gasteiger charge is -2.26. The minimum absolute atomic E-state index is 0.0992. The molecule has 9 nitrogen and oxygen atoms in total. The van der Waals surface area contributed by atoms with Crippen molar-refractivity contribution in [1.82, 2.24) is 14.9 Å². The van der Waals surface area contributed by atoms with Crippen LogP contribution in [0.25, 0.3) is 10.9 Å². The Morgan fingerprint density at radius 3 is 2.63 bits per heavy atom. The highest BCUT2D eigenvalue weighted by Crippen LogP contribution is 2.36. The van der Waals surface area contributed by atoms with E-state index in [-0.39, 0.29) is 5.56 Å². The van der Waals surface area contributed by atoms with Crippen molar-refractivity contribution in [3.63, 3.8) is 0 Å². The maximum Gasteiger partial charge on any atom is 0.416 e. The molecule has 2 heterocycles. The number of fused-ring (bicyclic) bond motifs is 1. The number of carbonyl (C=O) groups is 1. The number of amides is 1. The molecule has 1 aromatic heterocycles. The highest BCUT2D eigenvalue weighted by atomic mass is 19.4. The molecule has 3 aromatic carbocycles. The number of nitrogens with zero attached hydrogens (tertiary/aromatic N) is 3. The van der Waals surface area contributed by atoms with Gasteiger partial charge in [-0.2, -0.15) is 13.2 Å². The van der Waals surface area contributed by atoms with Gasteiger partial charge in [0, 0.05) is 48.0 Å². The van der Waals surface area contributed by atoms with Crippen LogP contribution in [-0.4, -0.2) is 67.3 Å². The van der Waals surface area contributed by atoms with E-state index in [0.717, 1.165) is 57.0 Å². The lowest BCUT2D eigenvalue weighted by atomic mass is 10.1. The fourth-order valence-electron chi connectivity index (χ4n) is 4.73. The zero-order chi connectivity index (χ0) is 30.4. The Labute approximate surface area is 247 Å². The van der Waals surface area contributed by atoms with Crippen LogP contribution in [0.2, 0.25) is 0 Å².